The van der Waals surface area contributed by atoms with Crippen LogP contribution in [0.1, 0.15) is 24.3 Å². The molecule has 1 aliphatic rings. The zero-order valence-corrected chi connectivity index (χ0v) is 12.9. The largest absolute Gasteiger partial charge is 0.368 e. The predicted octanol–water partition coefficient (Wildman–Crippen LogP) is 1.96. The van der Waals surface area contributed by atoms with Crippen LogP contribution in [0.25, 0.3) is 0 Å². The molecule has 6 heteroatoms. The molecule has 1 aromatic carbocycles. The molecule has 118 valence electrons. The van der Waals surface area contributed by atoms with Crippen molar-refractivity contribution in [2.75, 3.05) is 19.6 Å². The smallest absolute Gasteiger partial charge is 0.123 e. The molecule has 2 heterocycles. The van der Waals surface area contributed by atoms with Crippen molar-refractivity contribution in [3.8, 4) is 0 Å². The Hall–Kier alpha value is -1.79. The first kappa shape index (κ1) is 15.1. The van der Waals surface area contributed by atoms with Gasteiger partial charge in [-0.05, 0) is 24.6 Å². The number of ether oxygens (including phenoxy) is 1. The first-order chi connectivity index (χ1) is 10.6. The highest BCUT2D eigenvalue weighted by Gasteiger charge is 2.26. The molecular formula is C16H21FN4O. The van der Waals surface area contributed by atoms with E-state index in [1.165, 1.54) is 12.1 Å². The van der Waals surface area contributed by atoms with Gasteiger partial charge in [0.15, 0.2) is 0 Å². The first-order valence-corrected chi connectivity index (χ1v) is 7.58. The molecule has 22 heavy (non-hydrogen) atoms. The van der Waals surface area contributed by atoms with E-state index < -0.39 is 0 Å². The van der Waals surface area contributed by atoms with Gasteiger partial charge in [-0.1, -0.05) is 17.3 Å². The number of aryl methyl sites for hydroxylation is 1. The van der Waals surface area contributed by atoms with Crippen LogP contribution in [0.15, 0.2) is 30.5 Å². The highest BCUT2D eigenvalue weighted by Crippen LogP contribution is 2.25. The zero-order chi connectivity index (χ0) is 15.5. The number of hydrogen-bond acceptors (Lipinski definition) is 4. The van der Waals surface area contributed by atoms with Crippen LogP contribution in [0, 0.1) is 5.82 Å². The average molecular weight is 304 g/mol. The van der Waals surface area contributed by atoms with Crippen LogP contribution in [0.4, 0.5) is 4.39 Å². The summed E-state index contributed by atoms with van der Waals surface area (Å²) >= 11 is 0. The number of morpholine rings is 1. The van der Waals surface area contributed by atoms with E-state index in [2.05, 4.69) is 22.1 Å². The van der Waals surface area contributed by atoms with Gasteiger partial charge < -0.3 is 4.74 Å². The van der Waals surface area contributed by atoms with Crippen molar-refractivity contribution in [2.24, 2.45) is 7.05 Å². The molecule has 0 spiro atoms. The summed E-state index contributed by atoms with van der Waals surface area (Å²) in [5, 5.41) is 8.07. The van der Waals surface area contributed by atoms with Crippen molar-refractivity contribution >= 4 is 0 Å². The van der Waals surface area contributed by atoms with E-state index in [9.17, 15) is 4.39 Å². The molecule has 2 aromatic rings. The highest BCUT2D eigenvalue weighted by atomic mass is 19.1. The summed E-state index contributed by atoms with van der Waals surface area (Å²) in [4.78, 5) is 2.37. The number of aromatic nitrogens is 3. The second-order valence-corrected chi connectivity index (χ2v) is 5.88. The van der Waals surface area contributed by atoms with E-state index in [-0.39, 0.29) is 18.0 Å². The number of halogens is 1. The topological polar surface area (TPSA) is 43.2 Å². The van der Waals surface area contributed by atoms with Gasteiger partial charge in [-0.3, -0.25) is 9.58 Å². The van der Waals surface area contributed by atoms with Crippen LogP contribution in [0.3, 0.4) is 0 Å². The summed E-state index contributed by atoms with van der Waals surface area (Å²) < 4.78 is 20.8. The van der Waals surface area contributed by atoms with E-state index in [1.54, 1.807) is 16.8 Å². The predicted molar refractivity (Wildman–Crippen MR) is 80.8 cm³/mol. The molecule has 0 radical (unpaired) electrons. The molecule has 1 aromatic heterocycles. The van der Waals surface area contributed by atoms with Crippen LogP contribution in [0.2, 0.25) is 0 Å². The van der Waals surface area contributed by atoms with Gasteiger partial charge in [0.1, 0.15) is 5.82 Å². The van der Waals surface area contributed by atoms with Gasteiger partial charge in [0.2, 0.25) is 0 Å². The van der Waals surface area contributed by atoms with Gasteiger partial charge >= 0.3 is 0 Å². The monoisotopic (exact) mass is 304 g/mol. The summed E-state index contributed by atoms with van der Waals surface area (Å²) in [6.45, 7) is 4.71. The van der Waals surface area contributed by atoms with Crippen LogP contribution < -0.4 is 0 Å². The van der Waals surface area contributed by atoms with E-state index >= 15 is 0 Å². The fourth-order valence-corrected chi connectivity index (χ4v) is 2.87. The molecule has 2 unspecified atom stereocenters. The van der Waals surface area contributed by atoms with Crippen LogP contribution in [-0.2, 0) is 18.2 Å². The number of rotatable bonds is 4. The second-order valence-electron chi connectivity index (χ2n) is 5.88. The zero-order valence-electron chi connectivity index (χ0n) is 12.9. The maximum atomic E-state index is 13.1. The third-order valence-electron chi connectivity index (χ3n) is 3.91. The Kier molecular flexibility index (Phi) is 4.49. The van der Waals surface area contributed by atoms with Crippen molar-refractivity contribution in [3.63, 3.8) is 0 Å². The van der Waals surface area contributed by atoms with Gasteiger partial charge in [-0.2, -0.15) is 0 Å². The van der Waals surface area contributed by atoms with Crippen molar-refractivity contribution in [2.45, 2.75) is 25.6 Å². The van der Waals surface area contributed by atoms with Gasteiger partial charge in [-0.15, -0.1) is 5.10 Å². The lowest BCUT2D eigenvalue weighted by molar-refractivity contribution is -0.0786. The second kappa shape index (κ2) is 6.54. The molecule has 0 N–H and O–H groups in total. The number of nitrogens with zero attached hydrogens (tertiary/aromatic N) is 4. The Balaban J connectivity index is 1.61. The van der Waals surface area contributed by atoms with Gasteiger partial charge in [0.05, 0.1) is 17.9 Å². The standard InChI is InChI=1S/C16H21FN4O/c1-12-9-21(8-7-15-10-20(2)19-18-15)11-16(22-12)13-3-5-14(17)6-4-13/h3-6,10,12,16H,7-9,11H2,1-2H3. The maximum Gasteiger partial charge on any atom is 0.123 e. The van der Waals surface area contributed by atoms with Crippen molar-refractivity contribution in [1.82, 2.24) is 19.9 Å². The maximum absolute atomic E-state index is 13.1. The summed E-state index contributed by atoms with van der Waals surface area (Å²) in [5.74, 6) is -0.216. The molecule has 1 aliphatic heterocycles. The molecule has 2 atom stereocenters. The third-order valence-corrected chi connectivity index (χ3v) is 3.91. The molecular weight excluding hydrogens is 283 g/mol. The highest BCUT2D eigenvalue weighted by molar-refractivity contribution is 5.19. The van der Waals surface area contributed by atoms with Crippen LogP contribution >= 0.6 is 0 Å². The minimum atomic E-state index is -0.216. The van der Waals surface area contributed by atoms with E-state index in [4.69, 9.17) is 4.74 Å². The molecule has 5 nitrogen and oxygen atoms in total. The summed E-state index contributed by atoms with van der Waals surface area (Å²) in [5.41, 5.74) is 2.03. The Labute approximate surface area is 129 Å². The Morgan fingerprint density at radius 3 is 2.73 bits per heavy atom. The van der Waals surface area contributed by atoms with E-state index in [0.29, 0.717) is 0 Å². The molecule has 0 bridgehead atoms. The average Bonchev–Trinajstić information content (AvgIpc) is 2.91. The van der Waals surface area contributed by atoms with E-state index in [1.807, 2.05) is 13.2 Å². The minimum absolute atomic E-state index is 0.00814. The van der Waals surface area contributed by atoms with Crippen molar-refractivity contribution < 1.29 is 9.13 Å². The number of hydrogen-bond donors (Lipinski definition) is 0. The molecule has 0 saturated carbocycles. The van der Waals surface area contributed by atoms with Gasteiger partial charge in [0, 0.05) is 39.3 Å². The number of benzene rings is 1. The van der Waals surface area contributed by atoms with E-state index in [0.717, 1.165) is 37.3 Å². The first-order valence-electron chi connectivity index (χ1n) is 7.58. The fraction of sp³-hybridized carbons (Fsp3) is 0.500. The summed E-state index contributed by atoms with van der Waals surface area (Å²) in [6.07, 6.45) is 2.97. The summed E-state index contributed by atoms with van der Waals surface area (Å²) in [7, 11) is 1.87. The Morgan fingerprint density at radius 2 is 2.05 bits per heavy atom. The quantitative estimate of drug-likeness (QED) is 0.866. The Morgan fingerprint density at radius 1 is 1.27 bits per heavy atom. The van der Waals surface area contributed by atoms with Crippen LogP contribution in [-0.4, -0.2) is 45.6 Å². The van der Waals surface area contributed by atoms with Crippen molar-refractivity contribution in [3.05, 3.63) is 47.5 Å². The lowest BCUT2D eigenvalue weighted by Gasteiger charge is -2.37. The third kappa shape index (κ3) is 3.69. The molecule has 1 fully saturated rings. The minimum Gasteiger partial charge on any atom is -0.368 e. The normalized spacial score (nSPS) is 22.9. The molecule has 0 aliphatic carbocycles. The fourth-order valence-electron chi connectivity index (χ4n) is 2.87. The molecule has 1 saturated heterocycles. The van der Waals surface area contributed by atoms with Crippen LogP contribution in [0.5, 0.6) is 0 Å². The molecule has 3 rings (SSSR count). The molecule has 0 amide bonds. The SMILES string of the molecule is CC1CN(CCc2cn(C)nn2)CC(c2ccc(F)cc2)O1. The lowest BCUT2D eigenvalue weighted by Crippen LogP contribution is -2.43. The van der Waals surface area contributed by atoms with Crippen molar-refractivity contribution in [1.29, 1.82) is 0 Å². The van der Waals surface area contributed by atoms with Gasteiger partial charge in [0.25, 0.3) is 0 Å². The van der Waals surface area contributed by atoms with Gasteiger partial charge in [-0.25, -0.2) is 4.39 Å². The summed E-state index contributed by atoms with van der Waals surface area (Å²) in [6, 6.07) is 6.58. The Bertz CT molecular complexity index is 613. The lowest BCUT2D eigenvalue weighted by atomic mass is 10.1.